The van der Waals surface area contributed by atoms with Crippen molar-refractivity contribution in [2.24, 2.45) is 0 Å². The highest BCUT2D eigenvalue weighted by molar-refractivity contribution is 9.10. The van der Waals surface area contributed by atoms with Crippen LogP contribution >= 0.6 is 15.9 Å². The minimum absolute atomic E-state index is 0.517. The molecule has 0 aliphatic heterocycles. The van der Waals surface area contributed by atoms with Gasteiger partial charge in [-0.2, -0.15) is 0 Å². The van der Waals surface area contributed by atoms with Gasteiger partial charge in [0.25, 0.3) is 0 Å². The fourth-order valence-corrected chi connectivity index (χ4v) is 1.69. The zero-order valence-corrected chi connectivity index (χ0v) is 10.4. The van der Waals surface area contributed by atoms with Gasteiger partial charge in [0.05, 0.1) is 10.2 Å². The van der Waals surface area contributed by atoms with Crippen molar-refractivity contribution >= 4 is 21.6 Å². The van der Waals surface area contributed by atoms with Crippen molar-refractivity contribution in [3.63, 3.8) is 0 Å². The maximum atomic E-state index is 5.85. The molecular weight excluding hydrogens is 268 g/mol. The van der Waals surface area contributed by atoms with Gasteiger partial charge in [0, 0.05) is 6.20 Å². The molecular formula is C12H11BrN2O. The highest BCUT2D eigenvalue weighted by Gasteiger charge is 2.08. The van der Waals surface area contributed by atoms with Crippen molar-refractivity contribution in [2.45, 2.75) is 6.92 Å². The highest BCUT2D eigenvalue weighted by atomic mass is 79.9. The molecule has 2 N–H and O–H groups in total. The van der Waals surface area contributed by atoms with E-state index in [0.717, 1.165) is 10.0 Å². The first-order valence-electron chi connectivity index (χ1n) is 4.82. The third-order valence-electron chi connectivity index (χ3n) is 2.17. The summed E-state index contributed by atoms with van der Waals surface area (Å²) in [7, 11) is 0. The van der Waals surface area contributed by atoms with Crippen LogP contribution < -0.4 is 10.5 Å². The second kappa shape index (κ2) is 4.53. The van der Waals surface area contributed by atoms with E-state index in [4.69, 9.17) is 10.5 Å². The lowest BCUT2D eigenvalue weighted by Gasteiger charge is -2.10. The predicted octanol–water partition coefficient (Wildman–Crippen LogP) is 3.53. The third-order valence-corrected chi connectivity index (χ3v) is 2.77. The summed E-state index contributed by atoms with van der Waals surface area (Å²) in [4.78, 5) is 4.13. The molecule has 0 radical (unpaired) electrons. The number of para-hydroxylation sites is 1. The topological polar surface area (TPSA) is 48.1 Å². The number of rotatable bonds is 2. The van der Waals surface area contributed by atoms with E-state index in [2.05, 4.69) is 20.9 Å². The fraction of sp³-hybridized carbons (Fsp3) is 0.0833. The summed E-state index contributed by atoms with van der Waals surface area (Å²) in [6, 6.07) is 9.35. The molecule has 0 bridgehead atoms. The molecule has 0 spiro atoms. The molecule has 0 saturated heterocycles. The molecule has 0 aliphatic carbocycles. The quantitative estimate of drug-likeness (QED) is 0.855. The van der Waals surface area contributed by atoms with E-state index in [0.29, 0.717) is 17.3 Å². The Kier molecular flexibility index (Phi) is 3.10. The van der Waals surface area contributed by atoms with Gasteiger partial charge >= 0.3 is 0 Å². The first-order chi connectivity index (χ1) is 7.68. The van der Waals surface area contributed by atoms with Crippen molar-refractivity contribution in [2.75, 3.05) is 5.73 Å². The average Bonchev–Trinajstić information content (AvgIpc) is 2.26. The number of nitrogens with zero attached hydrogens (tertiary/aromatic N) is 1. The molecule has 16 heavy (non-hydrogen) atoms. The summed E-state index contributed by atoms with van der Waals surface area (Å²) in [5.41, 5.74) is 7.44. The van der Waals surface area contributed by atoms with E-state index in [1.165, 1.54) is 0 Å². The summed E-state index contributed by atoms with van der Waals surface area (Å²) in [6.45, 7) is 1.95. The summed E-state index contributed by atoms with van der Waals surface area (Å²) in [5.74, 6) is 1.17. The number of hydrogen-bond donors (Lipinski definition) is 1. The molecule has 0 fully saturated rings. The monoisotopic (exact) mass is 278 g/mol. The van der Waals surface area contributed by atoms with Crippen LogP contribution in [0.3, 0.4) is 0 Å². The largest absolute Gasteiger partial charge is 0.435 e. The SMILES string of the molecule is Cc1cccc(N)c1Oc1ncccc1Br. The highest BCUT2D eigenvalue weighted by Crippen LogP contribution is 2.32. The maximum absolute atomic E-state index is 5.85. The van der Waals surface area contributed by atoms with Crippen LogP contribution in [-0.4, -0.2) is 4.98 Å². The Bertz CT molecular complexity index is 494. The van der Waals surface area contributed by atoms with Gasteiger partial charge in [-0.05, 0) is 46.6 Å². The Morgan fingerprint density at radius 2 is 2.06 bits per heavy atom. The fourth-order valence-electron chi connectivity index (χ4n) is 1.36. The maximum Gasteiger partial charge on any atom is 0.233 e. The van der Waals surface area contributed by atoms with Crippen LogP contribution in [0.1, 0.15) is 5.56 Å². The number of aromatic nitrogens is 1. The van der Waals surface area contributed by atoms with E-state index in [1.807, 2.05) is 31.2 Å². The summed E-state index contributed by atoms with van der Waals surface area (Å²) < 4.78 is 6.49. The number of benzene rings is 1. The van der Waals surface area contributed by atoms with Gasteiger partial charge in [-0.15, -0.1) is 0 Å². The van der Waals surface area contributed by atoms with Crippen molar-refractivity contribution < 1.29 is 4.74 Å². The molecule has 4 heteroatoms. The molecule has 2 aromatic rings. The second-order valence-corrected chi connectivity index (χ2v) is 4.24. The minimum Gasteiger partial charge on any atom is -0.435 e. The zero-order chi connectivity index (χ0) is 11.5. The molecule has 1 aromatic carbocycles. The molecule has 82 valence electrons. The average molecular weight is 279 g/mol. The standard InChI is InChI=1S/C12H11BrN2O/c1-8-4-2-6-10(14)11(8)16-12-9(13)5-3-7-15-12/h2-7H,14H2,1H3. The normalized spacial score (nSPS) is 10.1. The Labute approximate surface area is 102 Å². The van der Waals surface area contributed by atoms with Gasteiger partial charge in [-0.3, -0.25) is 0 Å². The van der Waals surface area contributed by atoms with Gasteiger partial charge in [0.2, 0.25) is 5.88 Å². The van der Waals surface area contributed by atoms with Gasteiger partial charge in [0.15, 0.2) is 5.75 Å². The van der Waals surface area contributed by atoms with Crippen molar-refractivity contribution in [1.29, 1.82) is 0 Å². The molecule has 2 rings (SSSR count). The Hall–Kier alpha value is -1.55. The molecule has 0 unspecified atom stereocenters. The number of aryl methyl sites for hydroxylation is 1. The summed E-state index contributed by atoms with van der Waals surface area (Å²) in [6.07, 6.45) is 1.68. The zero-order valence-electron chi connectivity index (χ0n) is 8.77. The van der Waals surface area contributed by atoms with Crippen LogP contribution in [0.15, 0.2) is 41.0 Å². The van der Waals surface area contributed by atoms with Crippen molar-refractivity contribution in [3.05, 3.63) is 46.6 Å². The molecule has 1 heterocycles. The van der Waals surface area contributed by atoms with E-state index in [-0.39, 0.29) is 0 Å². The Balaban J connectivity index is 2.38. The van der Waals surface area contributed by atoms with Gasteiger partial charge in [-0.1, -0.05) is 12.1 Å². The number of nitrogens with two attached hydrogens (primary N) is 1. The molecule has 0 saturated carbocycles. The van der Waals surface area contributed by atoms with E-state index in [9.17, 15) is 0 Å². The second-order valence-electron chi connectivity index (χ2n) is 3.39. The van der Waals surface area contributed by atoms with Crippen LogP contribution in [0.25, 0.3) is 0 Å². The molecule has 1 aromatic heterocycles. The lowest BCUT2D eigenvalue weighted by molar-refractivity contribution is 0.458. The predicted molar refractivity (Wildman–Crippen MR) is 67.6 cm³/mol. The first-order valence-corrected chi connectivity index (χ1v) is 5.61. The van der Waals surface area contributed by atoms with Gasteiger partial charge < -0.3 is 10.5 Å². The number of hydrogen-bond acceptors (Lipinski definition) is 3. The smallest absolute Gasteiger partial charge is 0.233 e. The van der Waals surface area contributed by atoms with Gasteiger partial charge in [0.1, 0.15) is 0 Å². The van der Waals surface area contributed by atoms with Gasteiger partial charge in [-0.25, -0.2) is 4.98 Å². The number of halogens is 1. The molecule has 0 atom stereocenters. The van der Waals surface area contributed by atoms with E-state index in [1.54, 1.807) is 12.3 Å². The van der Waals surface area contributed by atoms with E-state index >= 15 is 0 Å². The lowest BCUT2D eigenvalue weighted by Crippen LogP contribution is -1.96. The van der Waals surface area contributed by atoms with Crippen molar-refractivity contribution in [3.8, 4) is 11.6 Å². The van der Waals surface area contributed by atoms with Crippen LogP contribution in [0.2, 0.25) is 0 Å². The third kappa shape index (κ3) is 2.17. The number of ether oxygens (including phenoxy) is 1. The van der Waals surface area contributed by atoms with Crippen LogP contribution in [0.4, 0.5) is 5.69 Å². The van der Waals surface area contributed by atoms with E-state index < -0.39 is 0 Å². The first kappa shape index (κ1) is 11.0. The molecule has 0 amide bonds. The molecule has 0 aliphatic rings. The van der Waals surface area contributed by atoms with Crippen LogP contribution in [-0.2, 0) is 0 Å². The van der Waals surface area contributed by atoms with Crippen LogP contribution in [0, 0.1) is 6.92 Å². The lowest BCUT2D eigenvalue weighted by atomic mass is 10.2. The van der Waals surface area contributed by atoms with Crippen LogP contribution in [0.5, 0.6) is 11.6 Å². The minimum atomic E-state index is 0.517. The number of anilines is 1. The Morgan fingerprint density at radius 1 is 1.25 bits per heavy atom. The molecule has 3 nitrogen and oxygen atoms in total. The Morgan fingerprint density at radius 3 is 2.75 bits per heavy atom. The summed E-state index contributed by atoms with van der Waals surface area (Å²) in [5, 5.41) is 0. The summed E-state index contributed by atoms with van der Waals surface area (Å²) >= 11 is 3.37. The number of nitrogen functional groups attached to an aromatic ring is 1. The number of pyridine rings is 1. The van der Waals surface area contributed by atoms with Crippen molar-refractivity contribution in [1.82, 2.24) is 4.98 Å².